The first-order valence-electron chi connectivity index (χ1n) is 10.3. The smallest absolute Gasteiger partial charge is 0.266 e. The molecule has 0 bridgehead atoms. The van der Waals surface area contributed by atoms with Gasteiger partial charge in [-0.1, -0.05) is 35.9 Å². The van der Waals surface area contributed by atoms with Crippen LogP contribution in [0.15, 0.2) is 72.1 Å². The number of aryl methyl sites for hydroxylation is 2. The fourth-order valence-electron chi connectivity index (χ4n) is 3.85. The van der Waals surface area contributed by atoms with Crippen LogP contribution in [0.3, 0.4) is 0 Å². The Bertz CT molecular complexity index is 1410. The number of hydrogen-bond donors (Lipinski definition) is 1. The Labute approximate surface area is 194 Å². The van der Waals surface area contributed by atoms with Crippen molar-refractivity contribution in [3.63, 3.8) is 0 Å². The van der Waals surface area contributed by atoms with Crippen molar-refractivity contribution in [3.05, 3.63) is 99.9 Å². The Morgan fingerprint density at radius 1 is 0.879 bits per heavy atom. The number of nitrogens with one attached hydrogen (secondary N) is 1. The van der Waals surface area contributed by atoms with Crippen LogP contribution < -0.4 is 10.2 Å². The van der Waals surface area contributed by atoms with Gasteiger partial charge in [0.25, 0.3) is 17.7 Å². The van der Waals surface area contributed by atoms with E-state index in [9.17, 15) is 14.4 Å². The third kappa shape index (κ3) is 3.72. The second-order valence-electron chi connectivity index (χ2n) is 7.85. The first kappa shape index (κ1) is 20.8. The van der Waals surface area contributed by atoms with Gasteiger partial charge in [0.1, 0.15) is 0 Å². The van der Waals surface area contributed by atoms with Crippen LogP contribution in [-0.2, 0) is 0 Å². The van der Waals surface area contributed by atoms with Gasteiger partial charge in [0.2, 0.25) is 0 Å². The third-order valence-electron chi connectivity index (χ3n) is 5.55. The normalized spacial score (nSPS) is 12.7. The third-order valence-corrected chi connectivity index (χ3v) is 6.31. The average molecular weight is 454 g/mol. The van der Waals surface area contributed by atoms with E-state index < -0.39 is 11.8 Å². The summed E-state index contributed by atoms with van der Waals surface area (Å²) >= 11 is 1.34. The minimum absolute atomic E-state index is 0.326. The average Bonchev–Trinajstić information content (AvgIpc) is 3.38. The molecule has 0 fully saturated rings. The number of aromatic nitrogens is 1. The molecule has 0 saturated heterocycles. The number of imide groups is 1. The molecule has 0 unspecified atom stereocenters. The summed E-state index contributed by atoms with van der Waals surface area (Å²) in [5, 5.41) is 5.20. The zero-order chi connectivity index (χ0) is 23.1. The molecule has 5 rings (SSSR count). The van der Waals surface area contributed by atoms with Crippen molar-refractivity contribution in [2.24, 2.45) is 0 Å². The highest BCUT2D eigenvalue weighted by Crippen LogP contribution is 2.30. The highest BCUT2D eigenvalue weighted by molar-refractivity contribution is 7.14. The van der Waals surface area contributed by atoms with Crippen LogP contribution in [0.2, 0.25) is 0 Å². The van der Waals surface area contributed by atoms with Gasteiger partial charge in [-0.3, -0.25) is 19.7 Å². The molecule has 1 N–H and O–H groups in total. The maximum Gasteiger partial charge on any atom is 0.266 e. The Kier molecular flexibility index (Phi) is 5.11. The van der Waals surface area contributed by atoms with Gasteiger partial charge >= 0.3 is 0 Å². The van der Waals surface area contributed by atoms with Crippen LogP contribution >= 0.6 is 11.3 Å². The SMILES string of the molecule is Cc1ccc(C)c(-c2csc(NC(=O)c3cccc(N4C(=O)c5ccccc5C4=O)c3)n2)c1. The number of carbonyl (C=O) groups is 3. The first-order valence-corrected chi connectivity index (χ1v) is 11.2. The summed E-state index contributed by atoms with van der Waals surface area (Å²) in [6.45, 7) is 4.05. The maximum atomic E-state index is 12.9. The number of anilines is 2. The lowest BCUT2D eigenvalue weighted by Crippen LogP contribution is -2.29. The molecule has 0 spiro atoms. The molecule has 3 amide bonds. The van der Waals surface area contributed by atoms with Crippen LogP contribution in [0.4, 0.5) is 10.8 Å². The second kappa shape index (κ2) is 8.11. The standard InChI is InChI=1S/C26H19N3O3S/c1-15-10-11-16(2)21(12-15)22-14-33-26(27-22)28-23(30)17-6-5-7-18(13-17)29-24(31)19-8-3-4-9-20(19)25(29)32/h3-14H,1-2H3,(H,27,28,30). The molecule has 0 radical (unpaired) electrons. The van der Waals surface area contributed by atoms with Crippen molar-refractivity contribution in [2.45, 2.75) is 13.8 Å². The summed E-state index contributed by atoms with van der Waals surface area (Å²) in [5.41, 5.74) is 5.47. The Hall–Kier alpha value is -4.10. The predicted octanol–water partition coefficient (Wildman–Crippen LogP) is 5.48. The van der Waals surface area contributed by atoms with Crippen molar-refractivity contribution >= 4 is 39.9 Å². The van der Waals surface area contributed by atoms with E-state index >= 15 is 0 Å². The zero-order valence-electron chi connectivity index (χ0n) is 18.0. The van der Waals surface area contributed by atoms with E-state index in [1.165, 1.54) is 17.4 Å². The van der Waals surface area contributed by atoms with Crippen LogP contribution in [0.25, 0.3) is 11.3 Å². The molecule has 1 aliphatic rings. The lowest BCUT2D eigenvalue weighted by atomic mass is 10.0. The number of hydrogen-bond acceptors (Lipinski definition) is 5. The molecular weight excluding hydrogens is 434 g/mol. The molecule has 6 nitrogen and oxygen atoms in total. The molecule has 7 heteroatoms. The van der Waals surface area contributed by atoms with E-state index in [2.05, 4.69) is 22.4 Å². The summed E-state index contributed by atoms with van der Waals surface area (Å²) < 4.78 is 0. The lowest BCUT2D eigenvalue weighted by Gasteiger charge is -2.14. The number of nitrogens with zero attached hydrogens (tertiary/aromatic N) is 2. The van der Waals surface area contributed by atoms with E-state index in [0.29, 0.717) is 27.5 Å². The Morgan fingerprint density at radius 2 is 1.61 bits per heavy atom. The van der Waals surface area contributed by atoms with E-state index in [0.717, 1.165) is 27.3 Å². The van der Waals surface area contributed by atoms with E-state index in [-0.39, 0.29) is 5.91 Å². The van der Waals surface area contributed by atoms with Gasteiger partial charge in [-0.25, -0.2) is 9.88 Å². The number of rotatable bonds is 4. The number of carbonyl (C=O) groups excluding carboxylic acids is 3. The van der Waals surface area contributed by atoms with Crippen LogP contribution in [0, 0.1) is 13.8 Å². The molecule has 1 aromatic heterocycles. The molecule has 162 valence electrons. The van der Waals surface area contributed by atoms with Gasteiger partial charge in [0.05, 0.1) is 22.5 Å². The summed E-state index contributed by atoms with van der Waals surface area (Å²) in [6.07, 6.45) is 0. The number of amides is 3. The highest BCUT2D eigenvalue weighted by Gasteiger charge is 2.36. The van der Waals surface area contributed by atoms with Gasteiger partial charge in [-0.2, -0.15) is 0 Å². The highest BCUT2D eigenvalue weighted by atomic mass is 32.1. The van der Waals surface area contributed by atoms with Crippen LogP contribution in [0.5, 0.6) is 0 Å². The molecule has 2 heterocycles. The molecule has 0 atom stereocenters. The minimum Gasteiger partial charge on any atom is -0.298 e. The fraction of sp³-hybridized carbons (Fsp3) is 0.0769. The second-order valence-corrected chi connectivity index (χ2v) is 8.71. The molecule has 0 aliphatic carbocycles. The van der Waals surface area contributed by atoms with Gasteiger partial charge < -0.3 is 0 Å². The van der Waals surface area contributed by atoms with Crippen LogP contribution in [-0.4, -0.2) is 22.7 Å². The summed E-state index contributed by atoms with van der Waals surface area (Å²) in [7, 11) is 0. The quantitative estimate of drug-likeness (QED) is 0.415. The molecule has 33 heavy (non-hydrogen) atoms. The van der Waals surface area contributed by atoms with Crippen molar-refractivity contribution in [3.8, 4) is 11.3 Å². The molecule has 0 saturated carbocycles. The van der Waals surface area contributed by atoms with E-state index in [1.807, 2.05) is 25.3 Å². The molecule has 1 aliphatic heterocycles. The fourth-order valence-corrected chi connectivity index (χ4v) is 4.55. The predicted molar refractivity (Wildman–Crippen MR) is 129 cm³/mol. The van der Waals surface area contributed by atoms with Crippen LogP contribution in [0.1, 0.15) is 42.2 Å². The first-order chi connectivity index (χ1) is 15.9. The van der Waals surface area contributed by atoms with Crippen molar-refractivity contribution in [1.29, 1.82) is 0 Å². The maximum absolute atomic E-state index is 12.9. The van der Waals surface area contributed by atoms with Gasteiger partial charge in [0, 0.05) is 16.5 Å². The molecule has 3 aromatic carbocycles. The monoisotopic (exact) mass is 453 g/mol. The summed E-state index contributed by atoms with van der Waals surface area (Å²) in [6, 6.07) is 19.3. The Balaban J connectivity index is 1.38. The van der Waals surface area contributed by atoms with E-state index in [4.69, 9.17) is 0 Å². The Morgan fingerprint density at radius 3 is 2.33 bits per heavy atom. The molecular formula is C26H19N3O3S. The zero-order valence-corrected chi connectivity index (χ0v) is 18.8. The largest absolute Gasteiger partial charge is 0.298 e. The minimum atomic E-state index is -0.397. The summed E-state index contributed by atoms with van der Waals surface area (Å²) in [5.74, 6) is -1.16. The van der Waals surface area contributed by atoms with E-state index in [1.54, 1.807) is 42.5 Å². The van der Waals surface area contributed by atoms with Crippen molar-refractivity contribution < 1.29 is 14.4 Å². The van der Waals surface area contributed by atoms with Gasteiger partial charge in [-0.05, 0) is 55.8 Å². The van der Waals surface area contributed by atoms with Crippen molar-refractivity contribution in [1.82, 2.24) is 4.98 Å². The van der Waals surface area contributed by atoms with Crippen molar-refractivity contribution in [2.75, 3.05) is 10.2 Å². The number of thiazole rings is 1. The van der Waals surface area contributed by atoms with Gasteiger partial charge in [-0.15, -0.1) is 11.3 Å². The molecule has 4 aromatic rings. The lowest BCUT2D eigenvalue weighted by molar-refractivity contribution is 0.0924. The number of benzene rings is 3. The van der Waals surface area contributed by atoms with Gasteiger partial charge in [0.15, 0.2) is 5.13 Å². The topological polar surface area (TPSA) is 79.4 Å². The number of fused-ring (bicyclic) bond motifs is 1. The summed E-state index contributed by atoms with van der Waals surface area (Å²) in [4.78, 5) is 44.1.